The van der Waals surface area contributed by atoms with Crippen LogP contribution in [0.3, 0.4) is 0 Å². The second-order valence-corrected chi connectivity index (χ2v) is 4.82. The number of rotatable bonds is 2. The summed E-state index contributed by atoms with van der Waals surface area (Å²) in [5.41, 5.74) is 2.61. The number of cyclic esters (lactones) is 1. The average Bonchev–Trinajstić information content (AvgIpc) is 2.80. The average molecular weight is 259 g/mol. The first-order valence-corrected chi connectivity index (χ1v) is 6.54. The lowest BCUT2D eigenvalue weighted by Crippen LogP contribution is -2.43. The van der Waals surface area contributed by atoms with Gasteiger partial charge in [0.15, 0.2) is 0 Å². The van der Waals surface area contributed by atoms with E-state index in [1.54, 1.807) is 6.92 Å². The number of carbonyl (C=O) groups is 1. The molecule has 0 aromatic carbocycles. The zero-order chi connectivity index (χ0) is 13.2. The molecule has 0 aliphatic carbocycles. The van der Waals surface area contributed by atoms with Crippen LogP contribution in [0.25, 0.3) is 5.57 Å². The summed E-state index contributed by atoms with van der Waals surface area (Å²) in [5, 5.41) is 3.32. The Hall–Kier alpha value is -1.88. The molecule has 100 valence electrons. The van der Waals surface area contributed by atoms with E-state index in [0.717, 1.165) is 43.1 Å². The van der Waals surface area contributed by atoms with Crippen molar-refractivity contribution in [2.45, 2.75) is 6.92 Å². The molecule has 0 bridgehead atoms. The number of pyridine rings is 1. The van der Waals surface area contributed by atoms with Crippen LogP contribution in [-0.4, -0.2) is 43.7 Å². The van der Waals surface area contributed by atoms with Gasteiger partial charge in [-0.25, -0.2) is 9.78 Å². The van der Waals surface area contributed by atoms with Crippen LogP contribution in [0.5, 0.6) is 0 Å². The summed E-state index contributed by atoms with van der Waals surface area (Å²) >= 11 is 0. The molecular formula is C14H17N3O2. The molecule has 0 atom stereocenters. The smallest absolute Gasteiger partial charge is 0.334 e. The van der Waals surface area contributed by atoms with Crippen molar-refractivity contribution in [2.75, 3.05) is 37.7 Å². The Kier molecular flexibility index (Phi) is 3.21. The first-order valence-electron chi connectivity index (χ1n) is 6.54. The van der Waals surface area contributed by atoms with Gasteiger partial charge in [0.25, 0.3) is 0 Å². The molecule has 19 heavy (non-hydrogen) atoms. The molecule has 3 rings (SSSR count). The highest BCUT2D eigenvalue weighted by atomic mass is 16.5. The van der Waals surface area contributed by atoms with Gasteiger partial charge < -0.3 is 15.0 Å². The minimum absolute atomic E-state index is 0.221. The number of nitrogens with zero attached hydrogens (tertiary/aromatic N) is 2. The molecule has 5 heteroatoms. The van der Waals surface area contributed by atoms with Gasteiger partial charge in [0.05, 0.1) is 0 Å². The number of aromatic nitrogens is 1. The SMILES string of the molecule is CC1=C(c2ccc(N3CCNCC3)nc2)COC1=O. The Morgan fingerprint density at radius 1 is 1.32 bits per heavy atom. The Labute approximate surface area is 112 Å². The van der Waals surface area contributed by atoms with Crippen LogP contribution in [-0.2, 0) is 9.53 Å². The van der Waals surface area contributed by atoms with Crippen molar-refractivity contribution in [3.63, 3.8) is 0 Å². The molecule has 2 aliphatic heterocycles. The third-order valence-electron chi connectivity index (χ3n) is 3.64. The minimum Gasteiger partial charge on any atom is -0.457 e. The fourth-order valence-corrected chi connectivity index (χ4v) is 2.42. The summed E-state index contributed by atoms with van der Waals surface area (Å²) in [5.74, 6) is 0.773. The molecule has 2 aliphatic rings. The van der Waals surface area contributed by atoms with E-state index in [0.29, 0.717) is 12.2 Å². The van der Waals surface area contributed by atoms with Gasteiger partial charge in [0.2, 0.25) is 0 Å². The zero-order valence-corrected chi connectivity index (χ0v) is 11.0. The third kappa shape index (κ3) is 2.33. The lowest BCUT2D eigenvalue weighted by molar-refractivity contribution is -0.135. The number of ether oxygens (including phenoxy) is 1. The maximum Gasteiger partial charge on any atom is 0.334 e. The quantitative estimate of drug-likeness (QED) is 0.797. The number of nitrogens with one attached hydrogen (secondary N) is 1. The fourth-order valence-electron chi connectivity index (χ4n) is 2.42. The molecular weight excluding hydrogens is 242 g/mol. The Bertz CT molecular complexity index is 516. The van der Waals surface area contributed by atoms with Gasteiger partial charge in [0, 0.05) is 49.1 Å². The summed E-state index contributed by atoms with van der Waals surface area (Å²) in [7, 11) is 0. The van der Waals surface area contributed by atoms with E-state index in [1.807, 2.05) is 18.3 Å². The largest absolute Gasteiger partial charge is 0.457 e. The van der Waals surface area contributed by atoms with Crippen molar-refractivity contribution >= 4 is 17.4 Å². The molecule has 1 aromatic heterocycles. The second-order valence-electron chi connectivity index (χ2n) is 4.82. The molecule has 1 N–H and O–H groups in total. The Morgan fingerprint density at radius 3 is 2.68 bits per heavy atom. The molecule has 0 amide bonds. The van der Waals surface area contributed by atoms with Gasteiger partial charge in [-0.05, 0) is 19.1 Å². The monoisotopic (exact) mass is 259 g/mol. The molecule has 5 nitrogen and oxygen atoms in total. The number of carbonyl (C=O) groups excluding carboxylic acids is 1. The van der Waals surface area contributed by atoms with E-state index < -0.39 is 0 Å². The fraction of sp³-hybridized carbons (Fsp3) is 0.429. The first-order chi connectivity index (χ1) is 9.25. The molecule has 3 heterocycles. The van der Waals surface area contributed by atoms with Crippen molar-refractivity contribution in [3.05, 3.63) is 29.5 Å². The number of piperazine rings is 1. The molecule has 1 fully saturated rings. The van der Waals surface area contributed by atoms with E-state index in [-0.39, 0.29) is 5.97 Å². The molecule has 0 unspecified atom stereocenters. The number of esters is 1. The summed E-state index contributed by atoms with van der Waals surface area (Å²) in [6.45, 7) is 6.12. The van der Waals surface area contributed by atoms with Crippen LogP contribution in [0.15, 0.2) is 23.9 Å². The second kappa shape index (κ2) is 5.01. The lowest BCUT2D eigenvalue weighted by Gasteiger charge is -2.28. The highest BCUT2D eigenvalue weighted by Gasteiger charge is 2.22. The van der Waals surface area contributed by atoms with Crippen LogP contribution < -0.4 is 10.2 Å². The minimum atomic E-state index is -0.221. The standard InChI is InChI=1S/C14H17N3O2/c1-10-12(9-19-14(10)18)11-2-3-13(16-8-11)17-6-4-15-5-7-17/h2-3,8,15H,4-7,9H2,1H3. The van der Waals surface area contributed by atoms with Crippen LogP contribution in [0.1, 0.15) is 12.5 Å². The molecule has 0 spiro atoms. The van der Waals surface area contributed by atoms with Crippen molar-refractivity contribution in [2.24, 2.45) is 0 Å². The van der Waals surface area contributed by atoms with Gasteiger partial charge in [-0.1, -0.05) is 0 Å². The predicted octanol–water partition coefficient (Wildman–Crippen LogP) is 0.821. The lowest BCUT2D eigenvalue weighted by atomic mass is 10.1. The van der Waals surface area contributed by atoms with Crippen molar-refractivity contribution in [1.29, 1.82) is 0 Å². The van der Waals surface area contributed by atoms with Crippen molar-refractivity contribution < 1.29 is 9.53 Å². The van der Waals surface area contributed by atoms with Crippen molar-refractivity contribution in [1.82, 2.24) is 10.3 Å². The maximum atomic E-state index is 11.4. The first kappa shape index (κ1) is 12.2. The normalized spacial score (nSPS) is 19.8. The molecule has 0 radical (unpaired) electrons. The number of hydrogen-bond acceptors (Lipinski definition) is 5. The summed E-state index contributed by atoms with van der Waals surface area (Å²) < 4.78 is 5.02. The topological polar surface area (TPSA) is 54.5 Å². The van der Waals surface area contributed by atoms with E-state index in [9.17, 15) is 4.79 Å². The summed E-state index contributed by atoms with van der Waals surface area (Å²) in [4.78, 5) is 18.1. The molecule has 1 aromatic rings. The number of hydrogen-bond donors (Lipinski definition) is 1. The summed E-state index contributed by atoms with van der Waals surface area (Å²) in [6, 6.07) is 4.04. The number of anilines is 1. The van der Waals surface area contributed by atoms with Crippen LogP contribution in [0.4, 0.5) is 5.82 Å². The maximum absolute atomic E-state index is 11.4. The summed E-state index contributed by atoms with van der Waals surface area (Å²) in [6.07, 6.45) is 1.83. The van der Waals surface area contributed by atoms with Crippen LogP contribution in [0, 0.1) is 0 Å². The van der Waals surface area contributed by atoms with E-state index in [4.69, 9.17) is 4.74 Å². The van der Waals surface area contributed by atoms with Gasteiger partial charge in [0.1, 0.15) is 12.4 Å². The third-order valence-corrected chi connectivity index (χ3v) is 3.64. The Morgan fingerprint density at radius 2 is 2.11 bits per heavy atom. The zero-order valence-electron chi connectivity index (χ0n) is 11.0. The highest BCUT2D eigenvalue weighted by Crippen LogP contribution is 2.26. The Balaban J connectivity index is 1.81. The van der Waals surface area contributed by atoms with E-state index in [2.05, 4.69) is 15.2 Å². The molecule has 1 saturated heterocycles. The van der Waals surface area contributed by atoms with Crippen LogP contribution >= 0.6 is 0 Å². The van der Waals surface area contributed by atoms with E-state index >= 15 is 0 Å². The van der Waals surface area contributed by atoms with Crippen LogP contribution in [0.2, 0.25) is 0 Å². The van der Waals surface area contributed by atoms with Gasteiger partial charge >= 0.3 is 5.97 Å². The van der Waals surface area contributed by atoms with Gasteiger partial charge in [-0.15, -0.1) is 0 Å². The predicted molar refractivity (Wildman–Crippen MR) is 72.9 cm³/mol. The van der Waals surface area contributed by atoms with Gasteiger partial charge in [-0.2, -0.15) is 0 Å². The van der Waals surface area contributed by atoms with E-state index in [1.165, 1.54) is 0 Å². The van der Waals surface area contributed by atoms with Crippen molar-refractivity contribution in [3.8, 4) is 0 Å². The van der Waals surface area contributed by atoms with Gasteiger partial charge in [-0.3, -0.25) is 0 Å². The highest BCUT2D eigenvalue weighted by molar-refractivity contribution is 6.01. The molecule has 0 saturated carbocycles.